The molecule has 5 heteroatoms. The van der Waals surface area contributed by atoms with Crippen LogP contribution >= 0.6 is 11.3 Å². The van der Waals surface area contributed by atoms with E-state index in [1.165, 1.54) is 16.9 Å². The Labute approximate surface area is 129 Å². The molecule has 0 aliphatic carbocycles. The molecule has 4 nitrogen and oxygen atoms in total. The van der Waals surface area contributed by atoms with Crippen molar-refractivity contribution in [3.8, 4) is 0 Å². The third-order valence-electron chi connectivity index (χ3n) is 3.51. The van der Waals surface area contributed by atoms with Crippen LogP contribution in [0.3, 0.4) is 0 Å². The maximum Gasteiger partial charge on any atom is 0.271 e. The summed E-state index contributed by atoms with van der Waals surface area (Å²) in [5.74, 6) is -0.117. The van der Waals surface area contributed by atoms with E-state index in [0.29, 0.717) is 12.2 Å². The summed E-state index contributed by atoms with van der Waals surface area (Å²) in [6, 6.07) is 8.25. The lowest BCUT2D eigenvalue weighted by Gasteiger charge is -2.20. The van der Waals surface area contributed by atoms with Crippen LogP contribution in [-0.4, -0.2) is 28.9 Å². The molecule has 0 saturated carbocycles. The number of hydrogen-bond acceptors (Lipinski definition) is 4. The van der Waals surface area contributed by atoms with Crippen LogP contribution in [-0.2, 0) is 13.1 Å². The number of rotatable bonds is 7. The highest BCUT2D eigenvalue weighted by atomic mass is 32.1. The largest absolute Gasteiger partial charge is 0.347 e. The summed E-state index contributed by atoms with van der Waals surface area (Å²) in [5, 5.41) is 4.70. The topological polar surface area (TPSA) is 45.2 Å². The van der Waals surface area contributed by atoms with E-state index in [1.54, 1.807) is 10.9 Å². The van der Waals surface area contributed by atoms with Gasteiger partial charge in [0.15, 0.2) is 0 Å². The number of nitrogens with zero attached hydrogens (tertiary/aromatic N) is 2. The van der Waals surface area contributed by atoms with Gasteiger partial charge in [-0.1, -0.05) is 38.1 Å². The first-order chi connectivity index (χ1) is 10.2. The molecular formula is C16H21N3OS. The molecule has 1 amide bonds. The molecular weight excluding hydrogens is 282 g/mol. The van der Waals surface area contributed by atoms with E-state index in [0.717, 1.165) is 25.2 Å². The van der Waals surface area contributed by atoms with E-state index >= 15 is 0 Å². The number of thiazole rings is 1. The van der Waals surface area contributed by atoms with Gasteiger partial charge in [-0.3, -0.25) is 9.69 Å². The highest BCUT2D eigenvalue weighted by Gasteiger charge is 2.10. The SMILES string of the molecule is CCN(CC)Cc1ccccc1CNC(=O)c1cscn1. The minimum Gasteiger partial charge on any atom is -0.347 e. The molecule has 2 rings (SSSR count). The van der Waals surface area contributed by atoms with Crippen molar-refractivity contribution in [3.63, 3.8) is 0 Å². The van der Waals surface area contributed by atoms with E-state index in [9.17, 15) is 4.79 Å². The van der Waals surface area contributed by atoms with Crippen molar-refractivity contribution < 1.29 is 4.79 Å². The van der Waals surface area contributed by atoms with Gasteiger partial charge in [0.25, 0.3) is 5.91 Å². The zero-order valence-corrected chi connectivity index (χ0v) is 13.3. The molecule has 0 aliphatic rings. The van der Waals surface area contributed by atoms with Crippen molar-refractivity contribution in [1.29, 1.82) is 0 Å². The quantitative estimate of drug-likeness (QED) is 0.855. The molecule has 0 spiro atoms. The van der Waals surface area contributed by atoms with Crippen LogP contribution in [0.4, 0.5) is 0 Å². The van der Waals surface area contributed by atoms with Crippen molar-refractivity contribution in [1.82, 2.24) is 15.2 Å². The van der Waals surface area contributed by atoms with E-state index < -0.39 is 0 Å². The van der Waals surface area contributed by atoms with Crippen molar-refractivity contribution in [3.05, 3.63) is 52.0 Å². The molecule has 0 aliphatic heterocycles. The highest BCUT2D eigenvalue weighted by molar-refractivity contribution is 7.07. The predicted molar refractivity (Wildman–Crippen MR) is 86.4 cm³/mol. The maximum absolute atomic E-state index is 11.9. The zero-order valence-electron chi connectivity index (χ0n) is 12.5. The minimum absolute atomic E-state index is 0.117. The predicted octanol–water partition coefficient (Wildman–Crippen LogP) is 2.91. The Morgan fingerprint density at radius 3 is 2.57 bits per heavy atom. The molecule has 2 aromatic rings. The third-order valence-corrected chi connectivity index (χ3v) is 4.10. The Kier molecular flexibility index (Phi) is 5.90. The van der Waals surface area contributed by atoms with Gasteiger partial charge in [-0.25, -0.2) is 4.98 Å². The van der Waals surface area contributed by atoms with Gasteiger partial charge >= 0.3 is 0 Å². The fourth-order valence-corrected chi connectivity index (χ4v) is 2.70. The summed E-state index contributed by atoms with van der Waals surface area (Å²) in [7, 11) is 0. The van der Waals surface area contributed by atoms with E-state index in [1.807, 2.05) is 12.1 Å². The van der Waals surface area contributed by atoms with Gasteiger partial charge in [0.2, 0.25) is 0 Å². The Morgan fingerprint density at radius 1 is 1.24 bits per heavy atom. The average Bonchev–Trinajstić information content (AvgIpc) is 3.05. The second kappa shape index (κ2) is 7.90. The molecule has 0 unspecified atom stereocenters. The summed E-state index contributed by atoms with van der Waals surface area (Å²) in [5.41, 5.74) is 4.58. The Balaban J connectivity index is 2.01. The molecule has 0 radical (unpaired) electrons. The Bertz CT molecular complexity index is 565. The minimum atomic E-state index is -0.117. The van der Waals surface area contributed by atoms with Crippen molar-refractivity contribution in [2.24, 2.45) is 0 Å². The van der Waals surface area contributed by atoms with Crippen LogP contribution in [0.1, 0.15) is 35.5 Å². The van der Waals surface area contributed by atoms with E-state index in [4.69, 9.17) is 0 Å². The lowest BCUT2D eigenvalue weighted by atomic mass is 10.1. The monoisotopic (exact) mass is 303 g/mol. The highest BCUT2D eigenvalue weighted by Crippen LogP contribution is 2.12. The number of amides is 1. The molecule has 1 heterocycles. The van der Waals surface area contributed by atoms with Gasteiger partial charge in [0.05, 0.1) is 5.51 Å². The lowest BCUT2D eigenvalue weighted by Crippen LogP contribution is -2.26. The van der Waals surface area contributed by atoms with Gasteiger partial charge in [-0.2, -0.15) is 0 Å². The first-order valence-electron chi connectivity index (χ1n) is 7.20. The number of carbonyl (C=O) groups excluding carboxylic acids is 1. The van der Waals surface area contributed by atoms with Gasteiger partial charge in [-0.05, 0) is 24.2 Å². The third kappa shape index (κ3) is 4.37. The van der Waals surface area contributed by atoms with Crippen molar-refractivity contribution >= 4 is 17.2 Å². The van der Waals surface area contributed by atoms with E-state index in [-0.39, 0.29) is 5.91 Å². The summed E-state index contributed by atoms with van der Waals surface area (Å²) in [4.78, 5) is 18.3. The molecule has 1 aromatic heterocycles. The van der Waals surface area contributed by atoms with Gasteiger partial charge < -0.3 is 5.32 Å². The summed E-state index contributed by atoms with van der Waals surface area (Å²) >= 11 is 1.43. The van der Waals surface area contributed by atoms with Crippen molar-refractivity contribution in [2.75, 3.05) is 13.1 Å². The van der Waals surface area contributed by atoms with Crippen molar-refractivity contribution in [2.45, 2.75) is 26.9 Å². The Hall–Kier alpha value is -1.72. The summed E-state index contributed by atoms with van der Waals surface area (Å²) < 4.78 is 0. The maximum atomic E-state index is 11.9. The van der Waals surface area contributed by atoms with Gasteiger partial charge in [0, 0.05) is 18.5 Å². The number of aromatic nitrogens is 1. The second-order valence-electron chi connectivity index (χ2n) is 4.79. The number of hydrogen-bond donors (Lipinski definition) is 1. The first-order valence-corrected chi connectivity index (χ1v) is 8.14. The fourth-order valence-electron chi connectivity index (χ4n) is 2.16. The summed E-state index contributed by atoms with van der Waals surface area (Å²) in [6.07, 6.45) is 0. The Morgan fingerprint density at radius 2 is 1.95 bits per heavy atom. The molecule has 0 fully saturated rings. The zero-order chi connectivity index (χ0) is 15.1. The van der Waals surface area contributed by atoms with Crippen LogP contribution in [0.5, 0.6) is 0 Å². The first kappa shape index (κ1) is 15.7. The molecule has 1 N–H and O–H groups in total. The van der Waals surface area contributed by atoms with Crippen LogP contribution < -0.4 is 5.32 Å². The van der Waals surface area contributed by atoms with E-state index in [2.05, 4.69) is 41.2 Å². The molecule has 21 heavy (non-hydrogen) atoms. The molecule has 0 bridgehead atoms. The molecule has 0 saturated heterocycles. The average molecular weight is 303 g/mol. The van der Waals surface area contributed by atoms with Crippen LogP contribution in [0.25, 0.3) is 0 Å². The lowest BCUT2D eigenvalue weighted by molar-refractivity contribution is 0.0946. The molecule has 112 valence electrons. The van der Waals surface area contributed by atoms with Gasteiger partial charge in [-0.15, -0.1) is 11.3 Å². The number of benzene rings is 1. The normalized spacial score (nSPS) is 10.8. The molecule has 1 aromatic carbocycles. The van der Waals surface area contributed by atoms with Crippen LogP contribution in [0.15, 0.2) is 35.2 Å². The summed E-state index contributed by atoms with van der Waals surface area (Å²) in [6.45, 7) is 7.82. The second-order valence-corrected chi connectivity index (χ2v) is 5.51. The fraction of sp³-hybridized carbons (Fsp3) is 0.375. The number of carbonyl (C=O) groups is 1. The number of nitrogens with one attached hydrogen (secondary N) is 1. The molecule has 0 atom stereocenters. The smallest absolute Gasteiger partial charge is 0.271 e. The van der Waals surface area contributed by atoms with Gasteiger partial charge in [0.1, 0.15) is 5.69 Å². The van der Waals surface area contributed by atoms with Crippen LogP contribution in [0.2, 0.25) is 0 Å². The standard InChI is InChI=1S/C16H21N3OS/c1-3-19(4-2)10-14-8-6-5-7-13(14)9-17-16(20)15-11-21-12-18-15/h5-8,11-12H,3-4,9-10H2,1-2H3,(H,17,20). The van der Waals surface area contributed by atoms with Crippen LogP contribution in [0, 0.1) is 0 Å².